The van der Waals surface area contributed by atoms with Gasteiger partial charge in [0.25, 0.3) is 0 Å². The number of hydrogen-bond donors (Lipinski definition) is 1. The van der Waals surface area contributed by atoms with Gasteiger partial charge < -0.3 is 14.6 Å². The molecule has 21 heavy (non-hydrogen) atoms. The highest BCUT2D eigenvalue weighted by molar-refractivity contribution is 5.78. The summed E-state index contributed by atoms with van der Waals surface area (Å²) in [5, 5.41) is 6.75. The van der Waals surface area contributed by atoms with Crippen molar-refractivity contribution in [3.8, 4) is 17.1 Å². The van der Waals surface area contributed by atoms with E-state index >= 15 is 0 Å². The zero-order valence-corrected chi connectivity index (χ0v) is 11.7. The normalized spacial score (nSPS) is 15.8. The van der Waals surface area contributed by atoms with E-state index in [0.717, 1.165) is 17.9 Å². The number of rotatable bonds is 4. The first-order chi connectivity index (χ1) is 10.2. The van der Waals surface area contributed by atoms with E-state index in [9.17, 15) is 4.79 Å². The van der Waals surface area contributed by atoms with Gasteiger partial charge in [-0.15, -0.1) is 0 Å². The maximum atomic E-state index is 11.3. The van der Waals surface area contributed by atoms with E-state index in [1.807, 2.05) is 29.2 Å². The molecule has 1 aromatic carbocycles. The number of carbonyl (C=O) groups is 1. The van der Waals surface area contributed by atoms with Crippen LogP contribution in [-0.2, 0) is 11.3 Å². The van der Waals surface area contributed by atoms with E-state index in [1.165, 1.54) is 0 Å². The van der Waals surface area contributed by atoms with Gasteiger partial charge in [0.2, 0.25) is 17.6 Å². The maximum absolute atomic E-state index is 11.3. The van der Waals surface area contributed by atoms with Crippen LogP contribution in [0.3, 0.4) is 0 Å². The summed E-state index contributed by atoms with van der Waals surface area (Å²) in [4.78, 5) is 17.7. The predicted molar refractivity (Wildman–Crippen MR) is 74.6 cm³/mol. The number of nitrogens with zero attached hydrogens (tertiary/aromatic N) is 3. The zero-order valence-electron chi connectivity index (χ0n) is 11.7. The van der Waals surface area contributed by atoms with Crippen LogP contribution in [-0.4, -0.2) is 47.7 Å². The smallest absolute Gasteiger partial charge is 0.241 e. The minimum absolute atomic E-state index is 0.0242. The molecule has 3 rings (SSSR count). The average molecular weight is 288 g/mol. The highest BCUT2D eigenvalue weighted by Gasteiger charge is 2.19. The van der Waals surface area contributed by atoms with Gasteiger partial charge in [-0.2, -0.15) is 4.98 Å². The van der Waals surface area contributed by atoms with Crippen LogP contribution in [0.15, 0.2) is 28.8 Å². The molecule has 1 amide bonds. The SMILES string of the molecule is COc1ccc(-c2noc(CN3CCNC(=O)C3)n2)cc1. The second-order valence-corrected chi connectivity index (χ2v) is 4.80. The first-order valence-electron chi connectivity index (χ1n) is 6.70. The van der Waals surface area contributed by atoms with Crippen LogP contribution in [0, 0.1) is 0 Å². The summed E-state index contributed by atoms with van der Waals surface area (Å²) in [6.07, 6.45) is 0. The minimum atomic E-state index is 0.0242. The predicted octanol–water partition coefficient (Wildman–Crippen LogP) is 0.677. The molecule has 0 aliphatic carbocycles. The van der Waals surface area contributed by atoms with Crippen molar-refractivity contribution >= 4 is 5.91 Å². The van der Waals surface area contributed by atoms with Crippen LogP contribution in [0.2, 0.25) is 0 Å². The topological polar surface area (TPSA) is 80.5 Å². The molecule has 1 aromatic heterocycles. The third-order valence-corrected chi connectivity index (χ3v) is 3.29. The van der Waals surface area contributed by atoms with E-state index in [-0.39, 0.29) is 5.91 Å². The first-order valence-corrected chi connectivity index (χ1v) is 6.70. The lowest BCUT2D eigenvalue weighted by Gasteiger charge is -2.24. The third-order valence-electron chi connectivity index (χ3n) is 3.29. The van der Waals surface area contributed by atoms with Gasteiger partial charge in [-0.3, -0.25) is 9.69 Å². The molecule has 2 heterocycles. The second kappa shape index (κ2) is 5.92. The Kier molecular flexibility index (Phi) is 3.83. The standard InChI is InChI=1S/C14H16N4O3/c1-20-11-4-2-10(3-5-11)14-16-13(21-17-14)9-18-7-6-15-12(19)8-18/h2-5H,6-9H2,1H3,(H,15,19). The second-order valence-electron chi connectivity index (χ2n) is 4.80. The van der Waals surface area contributed by atoms with Crippen molar-refractivity contribution in [3.63, 3.8) is 0 Å². The molecule has 0 unspecified atom stereocenters. The quantitative estimate of drug-likeness (QED) is 0.891. The van der Waals surface area contributed by atoms with Crippen LogP contribution >= 0.6 is 0 Å². The van der Waals surface area contributed by atoms with E-state index in [1.54, 1.807) is 7.11 Å². The molecule has 0 radical (unpaired) electrons. The Labute approximate surface area is 121 Å². The number of methoxy groups -OCH3 is 1. The van der Waals surface area contributed by atoms with Gasteiger partial charge in [-0.05, 0) is 24.3 Å². The molecule has 1 aliphatic rings. The molecule has 1 saturated heterocycles. The monoisotopic (exact) mass is 288 g/mol. The number of aromatic nitrogens is 2. The van der Waals surface area contributed by atoms with E-state index in [2.05, 4.69) is 15.5 Å². The molecule has 2 aromatic rings. The van der Waals surface area contributed by atoms with Gasteiger partial charge in [0.1, 0.15) is 5.75 Å². The number of amides is 1. The van der Waals surface area contributed by atoms with Gasteiger partial charge in [-0.1, -0.05) is 5.16 Å². The Balaban J connectivity index is 1.69. The average Bonchev–Trinajstić information content (AvgIpc) is 2.96. The van der Waals surface area contributed by atoms with E-state index in [0.29, 0.717) is 31.3 Å². The largest absolute Gasteiger partial charge is 0.497 e. The Morgan fingerprint density at radius 3 is 2.90 bits per heavy atom. The lowest BCUT2D eigenvalue weighted by Crippen LogP contribution is -2.47. The van der Waals surface area contributed by atoms with E-state index in [4.69, 9.17) is 9.26 Å². The summed E-state index contributed by atoms with van der Waals surface area (Å²) in [7, 11) is 1.62. The zero-order chi connectivity index (χ0) is 14.7. The van der Waals surface area contributed by atoms with Crippen molar-refractivity contribution in [2.45, 2.75) is 6.54 Å². The summed E-state index contributed by atoms with van der Waals surface area (Å²) >= 11 is 0. The molecule has 7 nitrogen and oxygen atoms in total. The van der Waals surface area contributed by atoms with Crippen molar-refractivity contribution in [1.82, 2.24) is 20.4 Å². The van der Waals surface area contributed by atoms with Crippen LogP contribution < -0.4 is 10.1 Å². The first kappa shape index (κ1) is 13.6. The summed E-state index contributed by atoms with van der Waals surface area (Å²) in [6.45, 7) is 2.28. The molecule has 0 saturated carbocycles. The summed E-state index contributed by atoms with van der Waals surface area (Å²) in [5.74, 6) is 1.85. The minimum Gasteiger partial charge on any atom is -0.497 e. The van der Waals surface area contributed by atoms with Gasteiger partial charge in [0.15, 0.2) is 0 Å². The summed E-state index contributed by atoms with van der Waals surface area (Å²) in [5.41, 5.74) is 0.863. The lowest BCUT2D eigenvalue weighted by atomic mass is 10.2. The van der Waals surface area contributed by atoms with E-state index < -0.39 is 0 Å². The third kappa shape index (κ3) is 3.19. The fraction of sp³-hybridized carbons (Fsp3) is 0.357. The Morgan fingerprint density at radius 2 is 2.19 bits per heavy atom. The molecule has 0 spiro atoms. The molecule has 0 atom stereocenters. The molecule has 7 heteroatoms. The molecule has 1 fully saturated rings. The molecular formula is C14H16N4O3. The number of hydrogen-bond acceptors (Lipinski definition) is 6. The molecule has 110 valence electrons. The molecule has 0 bridgehead atoms. The Bertz CT molecular complexity index is 623. The lowest BCUT2D eigenvalue weighted by molar-refractivity contribution is -0.124. The van der Waals surface area contributed by atoms with Crippen LogP contribution in [0.25, 0.3) is 11.4 Å². The molecule has 1 N–H and O–H groups in total. The fourth-order valence-electron chi connectivity index (χ4n) is 2.19. The number of piperazine rings is 1. The summed E-state index contributed by atoms with van der Waals surface area (Å²) < 4.78 is 10.4. The van der Waals surface area contributed by atoms with Crippen molar-refractivity contribution in [3.05, 3.63) is 30.2 Å². The highest BCUT2D eigenvalue weighted by Crippen LogP contribution is 2.20. The maximum Gasteiger partial charge on any atom is 0.241 e. The van der Waals surface area contributed by atoms with Gasteiger partial charge >= 0.3 is 0 Å². The van der Waals surface area contributed by atoms with Crippen molar-refractivity contribution in [2.75, 3.05) is 26.7 Å². The Hall–Kier alpha value is -2.41. The van der Waals surface area contributed by atoms with Crippen molar-refractivity contribution < 1.29 is 14.1 Å². The van der Waals surface area contributed by atoms with Crippen LogP contribution in [0.5, 0.6) is 5.75 Å². The van der Waals surface area contributed by atoms with Gasteiger partial charge in [-0.25, -0.2) is 0 Å². The number of nitrogens with one attached hydrogen (secondary N) is 1. The van der Waals surface area contributed by atoms with Crippen molar-refractivity contribution in [1.29, 1.82) is 0 Å². The van der Waals surface area contributed by atoms with Gasteiger partial charge in [0.05, 0.1) is 20.2 Å². The van der Waals surface area contributed by atoms with Crippen LogP contribution in [0.1, 0.15) is 5.89 Å². The van der Waals surface area contributed by atoms with Crippen molar-refractivity contribution in [2.24, 2.45) is 0 Å². The molecule has 1 aliphatic heterocycles. The summed E-state index contributed by atoms with van der Waals surface area (Å²) in [6, 6.07) is 7.45. The van der Waals surface area contributed by atoms with Gasteiger partial charge in [0, 0.05) is 18.7 Å². The van der Waals surface area contributed by atoms with Crippen LogP contribution in [0.4, 0.5) is 0 Å². The number of benzene rings is 1. The highest BCUT2D eigenvalue weighted by atomic mass is 16.5. The Morgan fingerprint density at radius 1 is 1.38 bits per heavy atom. The fourth-order valence-corrected chi connectivity index (χ4v) is 2.19. The number of ether oxygens (including phenoxy) is 1. The number of carbonyl (C=O) groups excluding carboxylic acids is 1. The molecular weight excluding hydrogens is 272 g/mol.